The summed E-state index contributed by atoms with van der Waals surface area (Å²) in [5.41, 5.74) is 26.0. The lowest BCUT2D eigenvalue weighted by atomic mass is 10.1. The lowest BCUT2D eigenvalue weighted by molar-refractivity contribution is -0.158. The number of fused-ring (bicyclic) bond motifs is 1. The molecular weight excluding hydrogens is 854 g/mol. The van der Waals surface area contributed by atoms with E-state index < -0.39 is 94.8 Å². The Hall–Kier alpha value is -3.43. The number of carbonyl (C=O) groups is 1. The van der Waals surface area contributed by atoms with Crippen LogP contribution in [0.15, 0.2) is 34.8 Å². The first-order valence-electron chi connectivity index (χ1n) is 17.1. The summed E-state index contributed by atoms with van der Waals surface area (Å²) in [5.74, 6) is -1.08. The van der Waals surface area contributed by atoms with Gasteiger partial charge in [-0.15, -0.1) is 0 Å². The number of phosphoric acid groups is 2. The molecule has 5 rings (SSSR count). The van der Waals surface area contributed by atoms with Gasteiger partial charge in [-0.1, -0.05) is 47.5 Å². The number of nitrogens with two attached hydrogens (primary N) is 3. The minimum atomic E-state index is -5.19. The van der Waals surface area contributed by atoms with Crippen LogP contribution < -0.4 is 22.9 Å². The van der Waals surface area contributed by atoms with E-state index in [9.17, 15) is 38.5 Å². The second-order valence-electron chi connectivity index (χ2n) is 13.8. The van der Waals surface area contributed by atoms with E-state index in [1.54, 1.807) is 0 Å². The molecule has 0 radical (unpaired) electrons. The summed E-state index contributed by atoms with van der Waals surface area (Å²) in [6.45, 7) is 4.23. The number of azide groups is 1. The van der Waals surface area contributed by atoms with Gasteiger partial charge >= 0.3 is 27.3 Å². The average Bonchev–Trinajstić information content (AvgIpc) is 3.82. The van der Waals surface area contributed by atoms with Crippen LogP contribution in [0, 0.1) is 0 Å². The predicted molar refractivity (Wildman–Crippen MR) is 205 cm³/mol. The molecule has 10 atom stereocenters. The number of esters is 1. The highest BCUT2D eigenvalue weighted by atomic mass is 33.1. The normalized spacial score (nSPS) is 25.9. The molecule has 0 aromatic carbocycles. The topological polar surface area (TPSA) is 393 Å². The monoisotopic (exact) mass is 896 g/mol. The molecular formula is C28H42N12O14P2S2. The number of rotatable bonds is 18. The molecule has 0 spiro atoms. The van der Waals surface area contributed by atoms with Crippen molar-refractivity contribution < 1.29 is 61.5 Å². The number of aromatic nitrogens is 6. The molecule has 58 heavy (non-hydrogen) atoms. The second-order valence-corrected chi connectivity index (χ2v) is 19.8. The van der Waals surface area contributed by atoms with E-state index >= 15 is 0 Å². The third-order valence-corrected chi connectivity index (χ3v) is 13.6. The van der Waals surface area contributed by atoms with Crippen LogP contribution in [-0.2, 0) is 41.7 Å². The standard InChI is InChI=1S/C28H42N12O14P2S2/c1-28(2,3)58-57-13(8-36-38-32)6-14(29)26(42)53-22-17(52-25(21(22)41)40-12-35-20-23(31)33-11-34-24(20)40)10-50-56(47,48)54-15-7-19(39-5-4-18(30)37-27(39)43)51-16(15)9-49-55(44,45)46/h4-5,11-17,19,21-22,25,41H,6-10,29H2,1-3H3,(H,47,48)(H2,30,37,43)(H2,31,33,34)(H2,44,45,46)/t13?,14-,15+,16-,17+,19-,21-,22-,25-/m1/s1. The Morgan fingerprint density at radius 1 is 1.14 bits per heavy atom. The number of phosphoric ester groups is 2. The van der Waals surface area contributed by atoms with Crippen molar-refractivity contribution >= 4 is 66.0 Å². The molecule has 10 N–H and O–H groups in total. The Morgan fingerprint density at radius 3 is 2.53 bits per heavy atom. The average molecular weight is 897 g/mol. The molecule has 2 aliphatic rings. The third-order valence-electron chi connectivity index (χ3n) is 8.24. The fourth-order valence-electron chi connectivity index (χ4n) is 5.69. The Morgan fingerprint density at radius 2 is 1.86 bits per heavy atom. The Kier molecular flexibility index (Phi) is 14.9. The van der Waals surface area contributed by atoms with Crippen LogP contribution in [0.3, 0.4) is 0 Å². The number of carbonyl (C=O) groups excluding carboxylic acids is 1. The number of hydrogen-bond donors (Lipinski definition) is 7. The molecule has 0 amide bonds. The fourth-order valence-corrected chi connectivity index (χ4v) is 9.52. The van der Waals surface area contributed by atoms with Crippen molar-refractivity contribution in [2.45, 2.75) is 92.6 Å². The summed E-state index contributed by atoms with van der Waals surface area (Å²) in [6.07, 6.45) is -6.99. The first kappa shape index (κ1) is 45.7. The van der Waals surface area contributed by atoms with Gasteiger partial charge in [0.2, 0.25) is 0 Å². The summed E-state index contributed by atoms with van der Waals surface area (Å²) in [6, 6.07) is -0.0130. The number of ether oxygens (including phenoxy) is 3. The highest BCUT2D eigenvalue weighted by molar-refractivity contribution is 8.77. The van der Waals surface area contributed by atoms with Crippen LogP contribution >= 0.6 is 37.2 Å². The largest absolute Gasteiger partial charge is 0.472 e. The Bertz CT molecular complexity index is 2130. The lowest BCUT2D eigenvalue weighted by Crippen LogP contribution is -2.44. The van der Waals surface area contributed by atoms with Crippen LogP contribution in [0.5, 0.6) is 0 Å². The maximum Gasteiger partial charge on any atom is 0.472 e. The molecule has 30 heteroatoms. The summed E-state index contributed by atoms with van der Waals surface area (Å²) in [4.78, 5) is 73.9. The number of nitrogen functional groups attached to an aromatic ring is 2. The molecule has 0 aliphatic carbocycles. The smallest absolute Gasteiger partial charge is 0.455 e. The van der Waals surface area contributed by atoms with E-state index in [0.29, 0.717) is 0 Å². The van der Waals surface area contributed by atoms with Gasteiger partial charge in [0.25, 0.3) is 0 Å². The zero-order valence-corrected chi connectivity index (χ0v) is 34.3. The lowest BCUT2D eigenvalue weighted by Gasteiger charge is -2.26. The van der Waals surface area contributed by atoms with Crippen LogP contribution in [-0.4, -0.2) is 121 Å². The highest BCUT2D eigenvalue weighted by Crippen LogP contribution is 2.50. The SMILES string of the molecule is CC(C)(C)SSC(CN=[N+]=[N-])C[C@@H](N)C(=O)O[C@H]1[C@@H](O)[C@H](n2cnc3c(N)ncnc32)O[C@H]1COP(=O)(O)O[C@H]1C[C@H](n2ccc(N)nc2=O)O[C@@H]1COP(=O)(O)O. The van der Waals surface area contributed by atoms with E-state index in [2.05, 4.69) is 34.5 Å². The molecule has 3 aromatic heterocycles. The van der Waals surface area contributed by atoms with Gasteiger partial charge in [0.1, 0.15) is 54.3 Å². The molecule has 2 saturated heterocycles. The molecule has 3 aromatic rings. The van der Waals surface area contributed by atoms with Crippen molar-refractivity contribution in [3.05, 3.63) is 45.8 Å². The predicted octanol–water partition coefficient (Wildman–Crippen LogP) is 0.893. The van der Waals surface area contributed by atoms with E-state index in [1.165, 1.54) is 44.7 Å². The van der Waals surface area contributed by atoms with E-state index in [0.717, 1.165) is 10.9 Å². The molecule has 320 valence electrons. The first-order valence-corrected chi connectivity index (χ1v) is 22.3. The zero-order valence-electron chi connectivity index (χ0n) is 30.9. The molecule has 0 saturated carbocycles. The van der Waals surface area contributed by atoms with Gasteiger partial charge in [-0.25, -0.2) is 28.9 Å². The van der Waals surface area contributed by atoms with E-state index in [4.69, 9.17) is 46.0 Å². The summed E-state index contributed by atoms with van der Waals surface area (Å²) in [5, 5.41) is 14.7. The number of aliphatic hydroxyl groups excluding tert-OH is 1. The van der Waals surface area contributed by atoms with Crippen LogP contribution in [0.4, 0.5) is 11.6 Å². The number of anilines is 2. The summed E-state index contributed by atoms with van der Waals surface area (Å²) >= 11 is 0. The molecule has 2 fully saturated rings. The van der Waals surface area contributed by atoms with Crippen molar-refractivity contribution in [1.29, 1.82) is 0 Å². The summed E-state index contributed by atoms with van der Waals surface area (Å²) < 4.78 is 59.6. The highest BCUT2D eigenvalue weighted by Gasteiger charge is 2.50. The Balaban J connectivity index is 1.34. The van der Waals surface area contributed by atoms with Gasteiger partial charge in [-0.05, 0) is 18.0 Å². The van der Waals surface area contributed by atoms with E-state index in [-0.39, 0.29) is 46.9 Å². The number of nitrogens with zero attached hydrogens (tertiary/aromatic N) is 9. The zero-order chi connectivity index (χ0) is 42.6. The molecule has 26 nitrogen and oxygen atoms in total. The molecule has 2 aliphatic heterocycles. The van der Waals surface area contributed by atoms with Crippen LogP contribution in [0.2, 0.25) is 0 Å². The van der Waals surface area contributed by atoms with E-state index in [1.807, 2.05) is 20.8 Å². The van der Waals surface area contributed by atoms with Crippen LogP contribution in [0.25, 0.3) is 21.6 Å². The van der Waals surface area contributed by atoms with Crippen molar-refractivity contribution in [3.63, 3.8) is 0 Å². The molecule has 5 heterocycles. The quantitative estimate of drug-likeness (QED) is 0.0233. The van der Waals surface area contributed by atoms with Gasteiger partial charge in [-0.2, -0.15) is 4.98 Å². The second kappa shape index (κ2) is 18.9. The number of imidazole rings is 1. The number of hydrogen-bond acceptors (Lipinski definition) is 21. The maximum atomic E-state index is 13.5. The minimum absolute atomic E-state index is 0.00217. The van der Waals surface area contributed by atoms with Crippen molar-refractivity contribution in [2.75, 3.05) is 31.2 Å². The molecule has 2 unspecified atom stereocenters. The van der Waals surface area contributed by atoms with Gasteiger partial charge in [-0.3, -0.25) is 27.5 Å². The maximum absolute atomic E-state index is 13.5. The Labute approximate surface area is 336 Å². The van der Waals surface area contributed by atoms with Gasteiger partial charge in [0.15, 0.2) is 23.8 Å². The fraction of sp³-hybridized carbons (Fsp3) is 0.643. The van der Waals surface area contributed by atoms with Crippen molar-refractivity contribution in [2.24, 2.45) is 10.8 Å². The third kappa shape index (κ3) is 12.1. The first-order chi connectivity index (χ1) is 27.1. The van der Waals surface area contributed by atoms with Gasteiger partial charge in [0.05, 0.1) is 19.5 Å². The van der Waals surface area contributed by atoms with Gasteiger partial charge in [0, 0.05) is 34.1 Å². The van der Waals surface area contributed by atoms with Gasteiger partial charge < -0.3 is 51.2 Å². The van der Waals surface area contributed by atoms with Crippen molar-refractivity contribution in [3.8, 4) is 0 Å². The van der Waals surface area contributed by atoms with Crippen molar-refractivity contribution in [1.82, 2.24) is 29.1 Å². The summed E-state index contributed by atoms with van der Waals surface area (Å²) in [7, 11) is -7.39. The number of aliphatic hydroxyl groups is 1. The molecule has 0 bridgehead atoms. The van der Waals surface area contributed by atoms with Crippen LogP contribution in [0.1, 0.15) is 46.1 Å². The minimum Gasteiger partial charge on any atom is -0.455 e.